The van der Waals surface area contributed by atoms with Gasteiger partial charge in [0.05, 0.1) is 6.54 Å². The van der Waals surface area contributed by atoms with Crippen molar-refractivity contribution in [3.63, 3.8) is 0 Å². The average Bonchev–Trinajstić information content (AvgIpc) is 2.97. The Bertz CT molecular complexity index is 623. The van der Waals surface area contributed by atoms with Crippen molar-refractivity contribution < 1.29 is 13.2 Å². The van der Waals surface area contributed by atoms with Crippen LogP contribution in [0.3, 0.4) is 0 Å². The standard InChI is InChI=1S/C14H15F3N4S/c1-18-13(19-7-10-5-3-2-4-6-10)20-8-12-21-11(9-22-12)14(15,16)17/h2-6,9H,7-8H2,1H3,(H2,18,19,20). The molecule has 0 radical (unpaired) electrons. The minimum Gasteiger partial charge on any atom is -0.352 e. The fraction of sp³-hybridized carbons (Fsp3) is 0.286. The summed E-state index contributed by atoms with van der Waals surface area (Å²) in [5.41, 5.74) is 0.223. The molecule has 0 amide bonds. The van der Waals surface area contributed by atoms with E-state index in [1.165, 1.54) is 0 Å². The third kappa shape index (κ3) is 4.73. The van der Waals surface area contributed by atoms with Crippen LogP contribution in [-0.4, -0.2) is 18.0 Å². The number of nitrogens with zero attached hydrogens (tertiary/aromatic N) is 2. The number of guanidine groups is 1. The smallest absolute Gasteiger partial charge is 0.352 e. The molecule has 0 atom stereocenters. The van der Waals surface area contributed by atoms with Gasteiger partial charge in [0, 0.05) is 19.0 Å². The van der Waals surface area contributed by atoms with Crippen LogP contribution in [-0.2, 0) is 19.3 Å². The van der Waals surface area contributed by atoms with E-state index in [1.807, 2.05) is 30.3 Å². The Hall–Kier alpha value is -2.09. The number of benzene rings is 1. The molecule has 0 fully saturated rings. The van der Waals surface area contributed by atoms with Crippen molar-refractivity contribution in [2.75, 3.05) is 7.05 Å². The van der Waals surface area contributed by atoms with Gasteiger partial charge in [-0.05, 0) is 5.56 Å². The fourth-order valence-corrected chi connectivity index (χ4v) is 2.42. The Morgan fingerprint density at radius 1 is 1.18 bits per heavy atom. The first-order valence-corrected chi connectivity index (χ1v) is 7.37. The largest absolute Gasteiger partial charge is 0.434 e. The number of thiazole rings is 1. The third-order valence-electron chi connectivity index (χ3n) is 2.78. The molecule has 2 N–H and O–H groups in total. The summed E-state index contributed by atoms with van der Waals surface area (Å²) < 4.78 is 37.4. The van der Waals surface area contributed by atoms with Gasteiger partial charge in [-0.1, -0.05) is 30.3 Å². The van der Waals surface area contributed by atoms with Gasteiger partial charge < -0.3 is 10.6 Å². The molecule has 0 aliphatic rings. The normalized spacial score (nSPS) is 12.3. The molecule has 0 saturated carbocycles. The summed E-state index contributed by atoms with van der Waals surface area (Å²) >= 11 is 0.967. The average molecular weight is 328 g/mol. The summed E-state index contributed by atoms with van der Waals surface area (Å²) in [5, 5.41) is 7.39. The molecular formula is C14H15F3N4S. The highest BCUT2D eigenvalue weighted by atomic mass is 32.1. The Balaban J connectivity index is 1.85. The summed E-state index contributed by atoms with van der Waals surface area (Å²) in [4.78, 5) is 7.58. The molecule has 0 spiro atoms. The molecule has 1 heterocycles. The van der Waals surface area contributed by atoms with Crippen molar-refractivity contribution in [3.8, 4) is 0 Å². The zero-order valence-electron chi connectivity index (χ0n) is 11.8. The monoisotopic (exact) mass is 328 g/mol. The van der Waals surface area contributed by atoms with Gasteiger partial charge in [0.15, 0.2) is 11.7 Å². The van der Waals surface area contributed by atoms with Crippen LogP contribution >= 0.6 is 11.3 Å². The maximum Gasteiger partial charge on any atom is 0.434 e. The number of halogens is 3. The Kier molecular flexibility index (Phi) is 5.37. The maximum atomic E-state index is 12.5. The number of hydrogen-bond acceptors (Lipinski definition) is 3. The molecule has 22 heavy (non-hydrogen) atoms. The molecule has 4 nitrogen and oxygen atoms in total. The number of alkyl halides is 3. The molecule has 1 aromatic carbocycles. The van der Waals surface area contributed by atoms with Gasteiger partial charge in [0.25, 0.3) is 0 Å². The van der Waals surface area contributed by atoms with Crippen molar-refractivity contribution in [1.82, 2.24) is 15.6 Å². The molecule has 2 rings (SSSR count). The highest BCUT2D eigenvalue weighted by molar-refractivity contribution is 7.09. The molecule has 0 unspecified atom stereocenters. The second-order valence-electron chi connectivity index (χ2n) is 4.39. The van der Waals surface area contributed by atoms with Crippen LogP contribution in [0.5, 0.6) is 0 Å². The number of hydrogen-bond donors (Lipinski definition) is 2. The maximum absolute atomic E-state index is 12.5. The first kappa shape index (κ1) is 16.3. The van der Waals surface area contributed by atoms with Crippen LogP contribution < -0.4 is 10.6 Å². The highest BCUT2D eigenvalue weighted by Gasteiger charge is 2.33. The zero-order valence-corrected chi connectivity index (χ0v) is 12.6. The first-order valence-electron chi connectivity index (χ1n) is 6.49. The molecule has 0 aliphatic carbocycles. The Labute approximate surface area is 130 Å². The Morgan fingerprint density at radius 3 is 2.45 bits per heavy atom. The predicted octanol–water partition coefficient (Wildman–Crippen LogP) is 3.03. The topological polar surface area (TPSA) is 49.3 Å². The molecule has 0 saturated heterocycles. The van der Waals surface area contributed by atoms with E-state index in [0.29, 0.717) is 17.5 Å². The first-order chi connectivity index (χ1) is 10.5. The van der Waals surface area contributed by atoms with Gasteiger partial charge in [-0.2, -0.15) is 13.2 Å². The van der Waals surface area contributed by atoms with Crippen LogP contribution in [0.1, 0.15) is 16.3 Å². The van der Waals surface area contributed by atoms with Gasteiger partial charge in [0.2, 0.25) is 0 Å². The number of nitrogens with one attached hydrogen (secondary N) is 2. The van der Waals surface area contributed by atoms with E-state index in [0.717, 1.165) is 22.3 Å². The minimum absolute atomic E-state index is 0.190. The molecule has 2 aromatic rings. The van der Waals surface area contributed by atoms with Crippen LogP contribution in [0, 0.1) is 0 Å². The summed E-state index contributed by atoms with van der Waals surface area (Å²) in [6.45, 7) is 0.765. The second-order valence-corrected chi connectivity index (χ2v) is 5.33. The molecular weight excluding hydrogens is 313 g/mol. The van der Waals surface area contributed by atoms with Gasteiger partial charge >= 0.3 is 6.18 Å². The molecule has 0 bridgehead atoms. The predicted molar refractivity (Wildman–Crippen MR) is 80.6 cm³/mol. The van der Waals surface area contributed by atoms with E-state index >= 15 is 0 Å². The molecule has 0 aliphatic heterocycles. The van der Waals surface area contributed by atoms with E-state index < -0.39 is 11.9 Å². The molecule has 8 heteroatoms. The lowest BCUT2D eigenvalue weighted by atomic mass is 10.2. The van der Waals surface area contributed by atoms with Gasteiger partial charge in [-0.3, -0.25) is 4.99 Å². The zero-order chi connectivity index (χ0) is 16.0. The fourth-order valence-electron chi connectivity index (χ4n) is 1.68. The number of aromatic nitrogens is 1. The van der Waals surface area contributed by atoms with E-state index in [1.54, 1.807) is 7.05 Å². The van der Waals surface area contributed by atoms with Crippen molar-refractivity contribution in [2.45, 2.75) is 19.3 Å². The highest BCUT2D eigenvalue weighted by Crippen LogP contribution is 2.29. The lowest BCUT2D eigenvalue weighted by molar-refractivity contribution is -0.140. The second kappa shape index (κ2) is 7.26. The van der Waals surface area contributed by atoms with Crippen molar-refractivity contribution in [1.29, 1.82) is 0 Å². The van der Waals surface area contributed by atoms with Gasteiger partial charge in [-0.25, -0.2) is 4.98 Å². The van der Waals surface area contributed by atoms with E-state index in [9.17, 15) is 13.2 Å². The summed E-state index contributed by atoms with van der Waals surface area (Å²) in [6, 6.07) is 9.73. The van der Waals surface area contributed by atoms with Crippen LogP contribution in [0.25, 0.3) is 0 Å². The van der Waals surface area contributed by atoms with Crippen molar-refractivity contribution in [3.05, 3.63) is 52.0 Å². The molecule has 118 valence electrons. The number of aliphatic imine (C=N–C) groups is 1. The van der Waals surface area contributed by atoms with Crippen molar-refractivity contribution in [2.24, 2.45) is 4.99 Å². The lowest BCUT2D eigenvalue weighted by Gasteiger charge is -2.10. The quantitative estimate of drug-likeness (QED) is 0.670. The third-order valence-corrected chi connectivity index (χ3v) is 3.62. The van der Waals surface area contributed by atoms with Gasteiger partial charge in [-0.15, -0.1) is 11.3 Å². The SMILES string of the molecule is CN=C(NCc1ccccc1)NCc1nc(C(F)(F)F)cs1. The van der Waals surface area contributed by atoms with E-state index in [-0.39, 0.29) is 6.54 Å². The lowest BCUT2D eigenvalue weighted by Crippen LogP contribution is -2.36. The van der Waals surface area contributed by atoms with Gasteiger partial charge in [0.1, 0.15) is 5.01 Å². The summed E-state index contributed by atoms with van der Waals surface area (Å²) in [5.74, 6) is 0.507. The van der Waals surface area contributed by atoms with E-state index in [4.69, 9.17) is 0 Å². The number of rotatable bonds is 4. The van der Waals surface area contributed by atoms with Crippen molar-refractivity contribution >= 4 is 17.3 Å². The minimum atomic E-state index is -4.40. The summed E-state index contributed by atoms with van der Waals surface area (Å²) in [7, 11) is 1.60. The molecule has 1 aromatic heterocycles. The van der Waals surface area contributed by atoms with Crippen LogP contribution in [0.2, 0.25) is 0 Å². The van der Waals surface area contributed by atoms with Crippen LogP contribution in [0.15, 0.2) is 40.7 Å². The van der Waals surface area contributed by atoms with E-state index in [2.05, 4.69) is 20.6 Å². The van der Waals surface area contributed by atoms with Crippen LogP contribution in [0.4, 0.5) is 13.2 Å². The summed E-state index contributed by atoms with van der Waals surface area (Å²) in [6.07, 6.45) is -4.40. The Morgan fingerprint density at radius 2 is 1.86 bits per heavy atom.